The summed E-state index contributed by atoms with van der Waals surface area (Å²) in [7, 11) is 1.74. The van der Waals surface area contributed by atoms with Crippen molar-refractivity contribution in [2.24, 2.45) is 5.92 Å². The Hall–Kier alpha value is -1.35. The molecule has 0 N–H and O–H groups in total. The van der Waals surface area contributed by atoms with Gasteiger partial charge < -0.3 is 9.64 Å². The predicted octanol–water partition coefficient (Wildman–Crippen LogP) is 3.06. The minimum atomic E-state index is 0.539. The van der Waals surface area contributed by atoms with Gasteiger partial charge in [-0.1, -0.05) is 0 Å². The molecule has 104 valence electrons. The van der Waals surface area contributed by atoms with Gasteiger partial charge in [-0.05, 0) is 56.4 Å². The van der Waals surface area contributed by atoms with E-state index in [2.05, 4.69) is 17.9 Å². The Morgan fingerprint density at radius 2 is 2.21 bits per heavy atom. The normalized spacial score (nSPS) is 16.2. The molecule has 2 rings (SSSR count). The SMILES string of the molecule is COCCN(c1ccc(C=O)c(C)c1)C(C)C1CC1. The maximum atomic E-state index is 10.9. The number of nitrogens with zero attached hydrogens (tertiary/aromatic N) is 1. The van der Waals surface area contributed by atoms with Crippen LogP contribution >= 0.6 is 0 Å². The van der Waals surface area contributed by atoms with E-state index in [1.165, 1.54) is 18.5 Å². The molecular weight excluding hydrogens is 238 g/mol. The van der Waals surface area contributed by atoms with Crippen molar-refractivity contribution in [2.45, 2.75) is 32.7 Å². The molecule has 0 saturated heterocycles. The zero-order valence-electron chi connectivity index (χ0n) is 12.1. The lowest BCUT2D eigenvalue weighted by Gasteiger charge is -2.32. The zero-order chi connectivity index (χ0) is 13.8. The van der Waals surface area contributed by atoms with Gasteiger partial charge in [0, 0.05) is 30.9 Å². The first-order valence-electron chi connectivity index (χ1n) is 6.98. The fourth-order valence-corrected chi connectivity index (χ4v) is 2.56. The monoisotopic (exact) mass is 261 g/mol. The molecule has 0 spiro atoms. The summed E-state index contributed by atoms with van der Waals surface area (Å²) in [4.78, 5) is 13.3. The molecule has 0 aliphatic heterocycles. The molecule has 0 bridgehead atoms. The Kier molecular flexibility index (Phi) is 4.59. The first kappa shape index (κ1) is 14.1. The second-order valence-corrected chi connectivity index (χ2v) is 5.42. The van der Waals surface area contributed by atoms with Gasteiger partial charge in [0.25, 0.3) is 0 Å². The van der Waals surface area contributed by atoms with Crippen LogP contribution in [-0.2, 0) is 4.74 Å². The lowest BCUT2D eigenvalue weighted by atomic mass is 10.1. The first-order chi connectivity index (χ1) is 9.17. The van der Waals surface area contributed by atoms with Gasteiger partial charge in [-0.15, -0.1) is 0 Å². The van der Waals surface area contributed by atoms with E-state index in [0.29, 0.717) is 6.04 Å². The highest BCUT2D eigenvalue weighted by molar-refractivity contribution is 5.78. The number of carbonyl (C=O) groups is 1. The molecule has 1 fully saturated rings. The van der Waals surface area contributed by atoms with Crippen LogP contribution in [0.4, 0.5) is 5.69 Å². The molecule has 0 radical (unpaired) electrons. The van der Waals surface area contributed by atoms with Crippen LogP contribution in [0.5, 0.6) is 0 Å². The van der Waals surface area contributed by atoms with Crippen molar-refractivity contribution in [3.8, 4) is 0 Å². The summed E-state index contributed by atoms with van der Waals surface area (Å²) in [6.45, 7) is 5.90. The van der Waals surface area contributed by atoms with Crippen molar-refractivity contribution in [2.75, 3.05) is 25.2 Å². The van der Waals surface area contributed by atoms with Gasteiger partial charge in [-0.25, -0.2) is 0 Å². The Labute approximate surface area is 115 Å². The number of aryl methyl sites for hydroxylation is 1. The minimum absolute atomic E-state index is 0.539. The summed E-state index contributed by atoms with van der Waals surface area (Å²) in [6, 6.07) is 6.61. The fourth-order valence-electron chi connectivity index (χ4n) is 2.56. The van der Waals surface area contributed by atoms with E-state index in [-0.39, 0.29) is 0 Å². The maximum absolute atomic E-state index is 10.9. The molecule has 1 aromatic carbocycles. The molecule has 3 nitrogen and oxygen atoms in total. The highest BCUT2D eigenvalue weighted by Crippen LogP contribution is 2.37. The van der Waals surface area contributed by atoms with Crippen LogP contribution in [0, 0.1) is 12.8 Å². The van der Waals surface area contributed by atoms with Crippen LogP contribution in [0.3, 0.4) is 0 Å². The number of ether oxygens (including phenoxy) is 1. The van der Waals surface area contributed by atoms with E-state index in [9.17, 15) is 4.79 Å². The van der Waals surface area contributed by atoms with Crippen molar-refractivity contribution in [1.82, 2.24) is 0 Å². The van der Waals surface area contributed by atoms with Crippen LogP contribution < -0.4 is 4.90 Å². The number of aldehydes is 1. The van der Waals surface area contributed by atoms with Crippen molar-refractivity contribution in [3.05, 3.63) is 29.3 Å². The average molecular weight is 261 g/mol. The number of methoxy groups -OCH3 is 1. The molecule has 1 saturated carbocycles. The zero-order valence-corrected chi connectivity index (χ0v) is 12.1. The second-order valence-electron chi connectivity index (χ2n) is 5.42. The smallest absolute Gasteiger partial charge is 0.150 e. The predicted molar refractivity (Wildman–Crippen MR) is 78.0 cm³/mol. The van der Waals surface area contributed by atoms with Crippen LogP contribution in [-0.4, -0.2) is 32.6 Å². The number of carbonyl (C=O) groups excluding carboxylic acids is 1. The topological polar surface area (TPSA) is 29.5 Å². The Bertz CT molecular complexity index is 440. The Balaban J connectivity index is 2.20. The van der Waals surface area contributed by atoms with Crippen molar-refractivity contribution < 1.29 is 9.53 Å². The van der Waals surface area contributed by atoms with E-state index < -0.39 is 0 Å². The molecule has 19 heavy (non-hydrogen) atoms. The summed E-state index contributed by atoms with van der Waals surface area (Å²) in [6.07, 6.45) is 3.58. The standard InChI is InChI=1S/C16H23NO2/c1-12-10-16(7-6-15(12)11-18)17(8-9-19-3)13(2)14-4-5-14/h6-7,10-11,13-14H,4-5,8-9H2,1-3H3. The number of anilines is 1. The lowest BCUT2D eigenvalue weighted by molar-refractivity contribution is 0.112. The van der Waals surface area contributed by atoms with Gasteiger partial charge in [-0.2, -0.15) is 0 Å². The number of benzene rings is 1. The molecule has 0 aromatic heterocycles. The maximum Gasteiger partial charge on any atom is 0.150 e. The highest BCUT2D eigenvalue weighted by Gasteiger charge is 2.32. The lowest BCUT2D eigenvalue weighted by Crippen LogP contribution is -2.37. The van der Waals surface area contributed by atoms with E-state index in [1.54, 1.807) is 7.11 Å². The summed E-state index contributed by atoms with van der Waals surface area (Å²) in [5.74, 6) is 0.808. The molecule has 1 aromatic rings. The van der Waals surface area contributed by atoms with Crippen LogP contribution in [0.15, 0.2) is 18.2 Å². The first-order valence-corrected chi connectivity index (χ1v) is 6.98. The Morgan fingerprint density at radius 1 is 1.47 bits per heavy atom. The summed E-state index contributed by atoms with van der Waals surface area (Å²) >= 11 is 0. The molecular formula is C16H23NO2. The van der Waals surface area contributed by atoms with Gasteiger partial charge >= 0.3 is 0 Å². The van der Waals surface area contributed by atoms with Gasteiger partial charge in [0.2, 0.25) is 0 Å². The Morgan fingerprint density at radius 3 is 2.74 bits per heavy atom. The number of rotatable bonds is 7. The summed E-state index contributed by atoms with van der Waals surface area (Å²) < 4.78 is 5.22. The molecule has 1 atom stereocenters. The molecule has 1 aliphatic carbocycles. The van der Waals surface area contributed by atoms with Crippen LogP contribution in [0.1, 0.15) is 35.7 Å². The van der Waals surface area contributed by atoms with Gasteiger partial charge in [0.05, 0.1) is 6.61 Å². The van der Waals surface area contributed by atoms with E-state index in [0.717, 1.165) is 36.5 Å². The van der Waals surface area contributed by atoms with Gasteiger partial charge in [-0.3, -0.25) is 4.79 Å². The molecule has 0 amide bonds. The molecule has 1 unspecified atom stereocenters. The average Bonchev–Trinajstić information content (AvgIpc) is 3.23. The van der Waals surface area contributed by atoms with Crippen LogP contribution in [0.2, 0.25) is 0 Å². The van der Waals surface area contributed by atoms with E-state index in [4.69, 9.17) is 4.74 Å². The number of hydrogen-bond donors (Lipinski definition) is 0. The number of hydrogen-bond acceptors (Lipinski definition) is 3. The quantitative estimate of drug-likeness (QED) is 0.706. The highest BCUT2D eigenvalue weighted by atomic mass is 16.5. The molecule has 3 heteroatoms. The van der Waals surface area contributed by atoms with Gasteiger partial charge in [0.15, 0.2) is 0 Å². The van der Waals surface area contributed by atoms with E-state index >= 15 is 0 Å². The minimum Gasteiger partial charge on any atom is -0.383 e. The van der Waals surface area contributed by atoms with E-state index in [1.807, 2.05) is 19.1 Å². The van der Waals surface area contributed by atoms with Crippen molar-refractivity contribution >= 4 is 12.0 Å². The van der Waals surface area contributed by atoms with Gasteiger partial charge in [0.1, 0.15) is 6.29 Å². The summed E-state index contributed by atoms with van der Waals surface area (Å²) in [5, 5.41) is 0. The molecule has 1 aliphatic rings. The largest absolute Gasteiger partial charge is 0.383 e. The summed E-state index contributed by atoms with van der Waals surface area (Å²) in [5.41, 5.74) is 3.01. The van der Waals surface area contributed by atoms with Crippen LogP contribution in [0.25, 0.3) is 0 Å². The molecule has 0 heterocycles. The second kappa shape index (κ2) is 6.20. The van der Waals surface area contributed by atoms with Crippen molar-refractivity contribution in [1.29, 1.82) is 0 Å². The third kappa shape index (κ3) is 3.35. The third-order valence-electron chi connectivity index (χ3n) is 4.04. The third-order valence-corrected chi connectivity index (χ3v) is 4.04. The fraction of sp³-hybridized carbons (Fsp3) is 0.562. The van der Waals surface area contributed by atoms with Crippen molar-refractivity contribution in [3.63, 3.8) is 0 Å².